The molecule has 0 spiro atoms. The summed E-state index contributed by atoms with van der Waals surface area (Å²) in [7, 11) is 1.67. The molecule has 0 saturated carbocycles. The van der Waals surface area contributed by atoms with Crippen LogP contribution < -0.4 is 4.74 Å². The lowest BCUT2D eigenvalue weighted by molar-refractivity contribution is 0.414. The van der Waals surface area contributed by atoms with Crippen LogP contribution in [0.2, 0.25) is 0 Å². The van der Waals surface area contributed by atoms with Crippen molar-refractivity contribution in [1.29, 1.82) is 0 Å². The molecule has 0 saturated heterocycles. The highest BCUT2D eigenvalue weighted by Gasteiger charge is 2.02. The molecule has 0 radical (unpaired) electrons. The van der Waals surface area contributed by atoms with Gasteiger partial charge in [-0.05, 0) is 24.6 Å². The van der Waals surface area contributed by atoms with E-state index >= 15 is 0 Å². The van der Waals surface area contributed by atoms with E-state index in [1.807, 2.05) is 35.9 Å². The number of ether oxygens (including phenoxy) is 1. The number of hydrogen-bond donors (Lipinski definition) is 0. The zero-order valence-corrected chi connectivity index (χ0v) is 10.6. The molecule has 1 atom stereocenters. The molecule has 0 aliphatic carbocycles. The zero-order valence-electron chi connectivity index (χ0n) is 9.83. The quantitative estimate of drug-likeness (QED) is 0.775. The van der Waals surface area contributed by atoms with E-state index in [1.165, 1.54) is 0 Å². The van der Waals surface area contributed by atoms with Gasteiger partial charge in [-0.1, -0.05) is 12.1 Å². The SMILES string of the molecule is COc1ccc([C@H](C)/N=C/c2cscn2)cc1. The first-order chi connectivity index (χ1) is 8.29. The van der Waals surface area contributed by atoms with E-state index in [-0.39, 0.29) is 6.04 Å². The number of thiazole rings is 1. The number of aliphatic imine (C=N–C) groups is 1. The molecule has 2 rings (SSSR count). The zero-order chi connectivity index (χ0) is 12.1. The Balaban J connectivity index is 2.06. The van der Waals surface area contributed by atoms with Crippen molar-refractivity contribution in [3.8, 4) is 5.75 Å². The van der Waals surface area contributed by atoms with E-state index in [0.717, 1.165) is 17.0 Å². The van der Waals surface area contributed by atoms with E-state index < -0.39 is 0 Å². The molecule has 88 valence electrons. The summed E-state index contributed by atoms with van der Waals surface area (Å²) in [5.41, 5.74) is 3.88. The molecule has 1 aromatic heterocycles. The molecule has 1 heterocycles. The van der Waals surface area contributed by atoms with Gasteiger partial charge in [0.05, 0.1) is 24.4 Å². The van der Waals surface area contributed by atoms with Crippen LogP contribution in [0.4, 0.5) is 0 Å². The van der Waals surface area contributed by atoms with Crippen molar-refractivity contribution in [2.24, 2.45) is 4.99 Å². The fraction of sp³-hybridized carbons (Fsp3) is 0.231. The molecule has 2 aromatic rings. The highest BCUT2D eigenvalue weighted by Crippen LogP contribution is 2.19. The fourth-order valence-electron chi connectivity index (χ4n) is 1.44. The largest absolute Gasteiger partial charge is 0.497 e. The molecule has 17 heavy (non-hydrogen) atoms. The van der Waals surface area contributed by atoms with Crippen LogP contribution >= 0.6 is 11.3 Å². The van der Waals surface area contributed by atoms with Crippen molar-refractivity contribution in [1.82, 2.24) is 4.98 Å². The Morgan fingerprint density at radius 1 is 1.35 bits per heavy atom. The van der Waals surface area contributed by atoms with Gasteiger partial charge in [0.1, 0.15) is 5.75 Å². The minimum Gasteiger partial charge on any atom is -0.497 e. The van der Waals surface area contributed by atoms with Crippen LogP contribution in [0, 0.1) is 0 Å². The van der Waals surface area contributed by atoms with Gasteiger partial charge in [-0.2, -0.15) is 0 Å². The maximum absolute atomic E-state index is 5.12. The van der Waals surface area contributed by atoms with Gasteiger partial charge in [0.25, 0.3) is 0 Å². The van der Waals surface area contributed by atoms with E-state index in [9.17, 15) is 0 Å². The third-order valence-corrected chi connectivity index (χ3v) is 3.08. The highest BCUT2D eigenvalue weighted by atomic mass is 32.1. The van der Waals surface area contributed by atoms with Gasteiger partial charge < -0.3 is 4.74 Å². The number of aromatic nitrogens is 1. The summed E-state index contributed by atoms with van der Waals surface area (Å²) in [5, 5.41) is 1.98. The first-order valence-electron chi connectivity index (χ1n) is 5.35. The summed E-state index contributed by atoms with van der Waals surface area (Å²) in [6.07, 6.45) is 1.81. The molecule has 0 unspecified atom stereocenters. The van der Waals surface area contributed by atoms with Crippen LogP contribution in [0.25, 0.3) is 0 Å². The van der Waals surface area contributed by atoms with Gasteiger partial charge in [-0.3, -0.25) is 4.99 Å². The Bertz CT molecular complexity index is 477. The van der Waals surface area contributed by atoms with Gasteiger partial charge >= 0.3 is 0 Å². The second-order valence-electron chi connectivity index (χ2n) is 3.64. The van der Waals surface area contributed by atoms with E-state index in [0.29, 0.717) is 0 Å². The number of hydrogen-bond acceptors (Lipinski definition) is 4. The monoisotopic (exact) mass is 246 g/mol. The lowest BCUT2D eigenvalue weighted by Gasteiger charge is -2.07. The first kappa shape index (κ1) is 11.8. The molecule has 0 aliphatic heterocycles. The fourth-order valence-corrected chi connectivity index (χ4v) is 1.95. The molecular formula is C13H14N2OS. The number of nitrogens with zero attached hydrogens (tertiary/aromatic N) is 2. The van der Waals surface area contributed by atoms with Gasteiger partial charge in [-0.15, -0.1) is 11.3 Å². The number of benzene rings is 1. The Morgan fingerprint density at radius 3 is 2.71 bits per heavy atom. The Kier molecular flexibility index (Phi) is 3.88. The van der Waals surface area contributed by atoms with Gasteiger partial charge in [0.2, 0.25) is 0 Å². The molecule has 0 fully saturated rings. The predicted octanol–water partition coefficient (Wildman–Crippen LogP) is 3.33. The summed E-state index contributed by atoms with van der Waals surface area (Å²) >= 11 is 1.57. The second kappa shape index (κ2) is 5.59. The van der Waals surface area contributed by atoms with E-state index in [4.69, 9.17) is 4.74 Å². The van der Waals surface area contributed by atoms with E-state index in [2.05, 4.69) is 16.9 Å². The van der Waals surface area contributed by atoms with Crippen LogP contribution in [-0.2, 0) is 0 Å². The van der Waals surface area contributed by atoms with Crippen LogP contribution in [-0.4, -0.2) is 18.3 Å². The van der Waals surface area contributed by atoms with Crippen LogP contribution in [0.3, 0.4) is 0 Å². The predicted molar refractivity (Wildman–Crippen MR) is 71.1 cm³/mol. The molecule has 0 amide bonds. The molecule has 0 bridgehead atoms. The molecule has 3 nitrogen and oxygen atoms in total. The van der Waals surface area contributed by atoms with Crippen LogP contribution in [0.1, 0.15) is 24.2 Å². The minimum absolute atomic E-state index is 0.127. The molecule has 0 aliphatic rings. The Labute approximate surface area is 105 Å². The van der Waals surface area contributed by atoms with Crippen molar-refractivity contribution in [3.05, 3.63) is 46.4 Å². The number of methoxy groups -OCH3 is 1. The lowest BCUT2D eigenvalue weighted by Crippen LogP contribution is -1.92. The molecule has 0 N–H and O–H groups in total. The topological polar surface area (TPSA) is 34.5 Å². The molecule has 4 heteroatoms. The van der Waals surface area contributed by atoms with Gasteiger partial charge in [0.15, 0.2) is 0 Å². The van der Waals surface area contributed by atoms with Gasteiger partial charge in [0, 0.05) is 11.6 Å². The van der Waals surface area contributed by atoms with Crippen molar-refractivity contribution in [2.75, 3.05) is 7.11 Å². The number of rotatable bonds is 4. The molecule has 1 aromatic carbocycles. The third kappa shape index (κ3) is 3.14. The van der Waals surface area contributed by atoms with E-state index in [1.54, 1.807) is 24.0 Å². The maximum Gasteiger partial charge on any atom is 0.118 e. The second-order valence-corrected chi connectivity index (χ2v) is 4.36. The van der Waals surface area contributed by atoms with Crippen LogP contribution in [0.15, 0.2) is 40.1 Å². The van der Waals surface area contributed by atoms with Crippen molar-refractivity contribution < 1.29 is 4.74 Å². The third-order valence-electron chi connectivity index (χ3n) is 2.48. The van der Waals surface area contributed by atoms with Crippen molar-refractivity contribution >= 4 is 17.6 Å². The summed E-state index contributed by atoms with van der Waals surface area (Å²) in [5.74, 6) is 0.865. The van der Waals surface area contributed by atoms with Gasteiger partial charge in [-0.25, -0.2) is 4.98 Å². The average molecular weight is 246 g/mol. The first-order valence-corrected chi connectivity index (χ1v) is 6.29. The average Bonchev–Trinajstić information content (AvgIpc) is 2.89. The lowest BCUT2D eigenvalue weighted by atomic mass is 10.1. The Hall–Kier alpha value is -1.68. The summed E-state index contributed by atoms with van der Waals surface area (Å²) < 4.78 is 5.12. The van der Waals surface area contributed by atoms with Crippen molar-refractivity contribution in [2.45, 2.75) is 13.0 Å². The van der Waals surface area contributed by atoms with Crippen molar-refractivity contribution in [3.63, 3.8) is 0 Å². The van der Waals surface area contributed by atoms with Crippen LogP contribution in [0.5, 0.6) is 5.75 Å². The minimum atomic E-state index is 0.127. The summed E-state index contributed by atoms with van der Waals surface area (Å²) in [4.78, 5) is 8.63. The Morgan fingerprint density at radius 2 is 2.12 bits per heavy atom. The summed E-state index contributed by atoms with van der Waals surface area (Å²) in [6.45, 7) is 2.06. The normalized spacial score (nSPS) is 12.8. The smallest absolute Gasteiger partial charge is 0.118 e. The highest BCUT2D eigenvalue weighted by molar-refractivity contribution is 7.07. The molecular weight excluding hydrogens is 232 g/mol. The maximum atomic E-state index is 5.12. The summed E-state index contributed by atoms with van der Waals surface area (Å²) in [6, 6.07) is 8.08. The standard InChI is InChI=1S/C13H14N2OS/c1-10(14-7-12-8-17-9-15-12)11-3-5-13(16-2)6-4-11/h3-10H,1-2H3/b14-7+/t10-/m0/s1.